The van der Waals surface area contributed by atoms with Gasteiger partial charge in [0.2, 0.25) is 5.16 Å². The fourth-order valence-corrected chi connectivity index (χ4v) is 2.66. The molecule has 114 valence electrons. The lowest BCUT2D eigenvalue weighted by Crippen LogP contribution is -2.22. The first-order valence-corrected chi connectivity index (χ1v) is 7.89. The lowest BCUT2D eigenvalue weighted by atomic mass is 10.4. The molecule has 1 N–H and O–H groups in total. The number of hydrogen-bond acceptors (Lipinski definition) is 8. The first-order valence-electron chi connectivity index (χ1n) is 6.91. The molecule has 0 aliphatic heterocycles. The van der Waals surface area contributed by atoms with Gasteiger partial charge in [0, 0.05) is 31.5 Å². The van der Waals surface area contributed by atoms with Crippen LogP contribution in [0.4, 0.5) is 0 Å². The van der Waals surface area contributed by atoms with Gasteiger partial charge in [0.05, 0.1) is 12.2 Å². The molecule has 1 saturated carbocycles. The van der Waals surface area contributed by atoms with Crippen LogP contribution >= 0.6 is 11.8 Å². The fraction of sp³-hybridized carbons (Fsp3) is 0.667. The van der Waals surface area contributed by atoms with Gasteiger partial charge in [0.15, 0.2) is 5.76 Å². The summed E-state index contributed by atoms with van der Waals surface area (Å²) < 4.78 is 12.0. The maximum Gasteiger partial charge on any atom is 0.209 e. The summed E-state index contributed by atoms with van der Waals surface area (Å²) in [5, 5.41) is 20.0. The molecule has 0 atom stereocenters. The van der Waals surface area contributed by atoms with E-state index in [0.29, 0.717) is 18.4 Å². The van der Waals surface area contributed by atoms with Crippen molar-refractivity contribution in [2.75, 3.05) is 13.7 Å². The molecule has 0 saturated heterocycles. The maximum absolute atomic E-state index is 5.15. The van der Waals surface area contributed by atoms with Crippen LogP contribution in [0.3, 0.4) is 0 Å². The summed E-state index contributed by atoms with van der Waals surface area (Å²) >= 11 is 1.55. The third-order valence-electron chi connectivity index (χ3n) is 3.08. The summed E-state index contributed by atoms with van der Waals surface area (Å²) in [7, 11) is 1.63. The van der Waals surface area contributed by atoms with Gasteiger partial charge in [-0.15, -0.1) is 5.10 Å². The van der Waals surface area contributed by atoms with Gasteiger partial charge in [-0.1, -0.05) is 16.9 Å². The zero-order chi connectivity index (χ0) is 14.5. The van der Waals surface area contributed by atoms with Crippen molar-refractivity contribution in [2.45, 2.75) is 42.9 Å². The van der Waals surface area contributed by atoms with Crippen LogP contribution in [0.25, 0.3) is 0 Å². The van der Waals surface area contributed by atoms with Crippen LogP contribution in [0.5, 0.6) is 0 Å². The molecule has 0 amide bonds. The van der Waals surface area contributed by atoms with Crippen LogP contribution in [0.2, 0.25) is 0 Å². The molecular weight excluding hydrogens is 292 g/mol. The predicted octanol–water partition coefficient (Wildman–Crippen LogP) is 0.852. The van der Waals surface area contributed by atoms with Gasteiger partial charge >= 0.3 is 0 Å². The minimum atomic E-state index is 0.433. The van der Waals surface area contributed by atoms with Crippen molar-refractivity contribution in [1.82, 2.24) is 30.7 Å². The lowest BCUT2D eigenvalue weighted by Gasteiger charge is -2.04. The standard InChI is InChI=1S/C12H18N6O2S/c1-19-7-11-6-10(15-20-11)8-21-12-14-16-17-18(12)5-4-13-9-2-3-9/h6,9,13H,2-5,7-8H2,1H3. The SMILES string of the molecule is COCc1cc(CSc2nnnn2CCNC2CC2)no1. The van der Waals surface area contributed by atoms with E-state index in [9.17, 15) is 0 Å². The summed E-state index contributed by atoms with van der Waals surface area (Å²) in [5.74, 6) is 1.39. The molecule has 0 unspecified atom stereocenters. The maximum atomic E-state index is 5.15. The molecule has 2 aromatic heterocycles. The zero-order valence-electron chi connectivity index (χ0n) is 11.9. The van der Waals surface area contributed by atoms with Crippen molar-refractivity contribution >= 4 is 11.8 Å². The second-order valence-corrected chi connectivity index (χ2v) is 5.86. The smallest absolute Gasteiger partial charge is 0.209 e. The highest BCUT2D eigenvalue weighted by Crippen LogP contribution is 2.20. The largest absolute Gasteiger partial charge is 0.377 e. The number of tetrazole rings is 1. The zero-order valence-corrected chi connectivity index (χ0v) is 12.7. The third kappa shape index (κ3) is 4.26. The van der Waals surface area contributed by atoms with E-state index < -0.39 is 0 Å². The summed E-state index contributed by atoms with van der Waals surface area (Å²) in [6, 6.07) is 2.59. The van der Waals surface area contributed by atoms with E-state index in [-0.39, 0.29) is 0 Å². The van der Waals surface area contributed by atoms with Gasteiger partial charge in [-0.3, -0.25) is 0 Å². The number of rotatable bonds is 9. The van der Waals surface area contributed by atoms with Crippen LogP contribution in [0, 0.1) is 0 Å². The normalized spacial score (nSPS) is 14.7. The summed E-state index contributed by atoms with van der Waals surface area (Å²) in [6.07, 6.45) is 2.57. The number of thioether (sulfide) groups is 1. The van der Waals surface area contributed by atoms with Gasteiger partial charge < -0.3 is 14.6 Å². The van der Waals surface area contributed by atoms with Crippen molar-refractivity contribution in [2.24, 2.45) is 0 Å². The van der Waals surface area contributed by atoms with E-state index in [0.717, 1.165) is 29.7 Å². The van der Waals surface area contributed by atoms with Crippen LogP contribution in [0.15, 0.2) is 15.7 Å². The van der Waals surface area contributed by atoms with E-state index in [1.54, 1.807) is 18.9 Å². The molecule has 1 fully saturated rings. The summed E-state index contributed by atoms with van der Waals surface area (Å²) in [5.41, 5.74) is 0.859. The first-order chi connectivity index (χ1) is 10.3. The van der Waals surface area contributed by atoms with Crippen LogP contribution in [0.1, 0.15) is 24.3 Å². The number of ether oxygens (including phenoxy) is 1. The van der Waals surface area contributed by atoms with E-state index >= 15 is 0 Å². The molecule has 0 aromatic carbocycles. The van der Waals surface area contributed by atoms with Gasteiger partial charge in [-0.25, -0.2) is 4.68 Å². The van der Waals surface area contributed by atoms with Crippen LogP contribution in [-0.4, -0.2) is 45.1 Å². The van der Waals surface area contributed by atoms with Crippen LogP contribution < -0.4 is 5.32 Å². The number of aromatic nitrogens is 5. The van der Waals surface area contributed by atoms with Crippen molar-refractivity contribution in [3.05, 3.63) is 17.5 Å². The highest BCUT2D eigenvalue weighted by Gasteiger charge is 2.20. The lowest BCUT2D eigenvalue weighted by molar-refractivity contribution is 0.156. The monoisotopic (exact) mass is 310 g/mol. The number of methoxy groups -OCH3 is 1. The average Bonchev–Trinajstić information content (AvgIpc) is 3.01. The fourth-order valence-electron chi connectivity index (χ4n) is 1.87. The predicted molar refractivity (Wildman–Crippen MR) is 75.6 cm³/mol. The van der Waals surface area contributed by atoms with Crippen molar-refractivity contribution in [1.29, 1.82) is 0 Å². The third-order valence-corrected chi connectivity index (χ3v) is 4.07. The minimum Gasteiger partial charge on any atom is -0.377 e. The summed E-state index contributed by atoms with van der Waals surface area (Å²) in [4.78, 5) is 0. The highest BCUT2D eigenvalue weighted by atomic mass is 32.2. The molecule has 2 heterocycles. The second kappa shape index (κ2) is 7.01. The summed E-state index contributed by atoms with van der Waals surface area (Å²) in [6.45, 7) is 2.10. The molecule has 21 heavy (non-hydrogen) atoms. The Balaban J connectivity index is 1.48. The molecular formula is C12H18N6O2S. The van der Waals surface area contributed by atoms with Crippen molar-refractivity contribution in [3.63, 3.8) is 0 Å². The van der Waals surface area contributed by atoms with Gasteiger partial charge in [0.25, 0.3) is 0 Å². The average molecular weight is 310 g/mol. The Labute approximate surface area is 126 Å². The Morgan fingerprint density at radius 2 is 2.43 bits per heavy atom. The van der Waals surface area contributed by atoms with Gasteiger partial charge in [-0.2, -0.15) is 0 Å². The first kappa shape index (κ1) is 14.5. The van der Waals surface area contributed by atoms with Gasteiger partial charge in [0.1, 0.15) is 6.61 Å². The van der Waals surface area contributed by atoms with Crippen LogP contribution in [-0.2, 0) is 23.6 Å². The number of hydrogen-bond donors (Lipinski definition) is 1. The highest BCUT2D eigenvalue weighted by molar-refractivity contribution is 7.98. The minimum absolute atomic E-state index is 0.433. The van der Waals surface area contributed by atoms with E-state index in [1.165, 1.54) is 12.8 Å². The van der Waals surface area contributed by atoms with Crippen molar-refractivity contribution < 1.29 is 9.26 Å². The van der Waals surface area contributed by atoms with Crippen molar-refractivity contribution in [3.8, 4) is 0 Å². The Morgan fingerprint density at radius 3 is 3.24 bits per heavy atom. The number of nitrogens with zero attached hydrogens (tertiary/aromatic N) is 5. The van der Waals surface area contributed by atoms with E-state index in [2.05, 4.69) is 26.0 Å². The quantitative estimate of drug-likeness (QED) is 0.682. The molecule has 0 radical (unpaired) electrons. The Morgan fingerprint density at radius 1 is 1.52 bits per heavy atom. The Hall–Kier alpha value is -1.45. The molecule has 0 bridgehead atoms. The number of nitrogens with one attached hydrogen (secondary N) is 1. The van der Waals surface area contributed by atoms with E-state index in [1.807, 2.05) is 10.7 Å². The molecule has 9 heteroatoms. The van der Waals surface area contributed by atoms with Gasteiger partial charge in [-0.05, 0) is 23.3 Å². The van der Waals surface area contributed by atoms with E-state index in [4.69, 9.17) is 9.26 Å². The topological polar surface area (TPSA) is 90.9 Å². The molecule has 2 aromatic rings. The second-order valence-electron chi connectivity index (χ2n) is 4.92. The molecule has 3 rings (SSSR count). The Bertz CT molecular complexity index is 568. The molecule has 1 aliphatic carbocycles. The Kier molecular flexibility index (Phi) is 4.84. The molecule has 8 nitrogen and oxygen atoms in total. The molecule has 1 aliphatic rings. The molecule has 0 spiro atoms.